The van der Waals surface area contributed by atoms with E-state index in [0.29, 0.717) is 35.5 Å². The molecule has 0 aliphatic heterocycles. The van der Waals surface area contributed by atoms with Crippen LogP contribution in [0.5, 0.6) is 0 Å². The van der Waals surface area contributed by atoms with E-state index in [4.69, 9.17) is 0 Å². The van der Waals surface area contributed by atoms with Crippen molar-refractivity contribution in [1.29, 1.82) is 0 Å². The molecule has 5 nitrogen and oxygen atoms in total. The summed E-state index contributed by atoms with van der Waals surface area (Å²) >= 11 is 0. The van der Waals surface area contributed by atoms with E-state index in [-0.39, 0.29) is 17.3 Å². The molecule has 0 atom stereocenters. The molecule has 0 fully saturated rings. The molecule has 1 N–H and O–H groups in total. The first kappa shape index (κ1) is 22.0. The average Bonchev–Trinajstić information content (AvgIpc) is 2.80. The second kappa shape index (κ2) is 9.85. The van der Waals surface area contributed by atoms with Crippen LogP contribution in [0.1, 0.15) is 56.0 Å². The van der Waals surface area contributed by atoms with Gasteiger partial charge in [0.25, 0.3) is 11.8 Å². The third kappa shape index (κ3) is 5.07. The predicted octanol–water partition coefficient (Wildman–Crippen LogP) is 4.96. The van der Waals surface area contributed by atoms with Crippen molar-refractivity contribution in [1.82, 2.24) is 4.90 Å². The fourth-order valence-electron chi connectivity index (χ4n) is 3.36. The van der Waals surface area contributed by atoms with Gasteiger partial charge in [0.15, 0.2) is 5.78 Å². The molecule has 0 radical (unpaired) electrons. The Morgan fingerprint density at radius 2 is 1.42 bits per heavy atom. The van der Waals surface area contributed by atoms with Crippen molar-refractivity contribution in [2.75, 3.05) is 18.4 Å². The van der Waals surface area contributed by atoms with Crippen LogP contribution >= 0.6 is 0 Å². The van der Waals surface area contributed by atoms with Crippen molar-refractivity contribution in [2.24, 2.45) is 0 Å². The van der Waals surface area contributed by atoms with Gasteiger partial charge in [0.1, 0.15) is 0 Å². The second-order valence-electron chi connectivity index (χ2n) is 7.25. The maximum atomic E-state index is 13.0. The van der Waals surface area contributed by atoms with Crippen LogP contribution in [0.4, 0.5) is 5.69 Å². The number of amides is 2. The standard InChI is InChI=1S/C26H26N2O3/c1-4-28(5-2)26(31)20-9-8-10-21(17-20)27-25(30)23-12-7-6-11-22(23)24(29)19-15-13-18(3)14-16-19/h6-17H,4-5H2,1-3H3,(H,27,30). The Morgan fingerprint density at radius 3 is 2.06 bits per heavy atom. The van der Waals surface area contributed by atoms with Crippen LogP contribution in [-0.2, 0) is 0 Å². The molecule has 158 valence electrons. The van der Waals surface area contributed by atoms with Crippen LogP contribution in [0.2, 0.25) is 0 Å². The number of anilines is 1. The summed E-state index contributed by atoms with van der Waals surface area (Å²) in [5, 5.41) is 2.82. The highest BCUT2D eigenvalue weighted by Crippen LogP contribution is 2.19. The van der Waals surface area contributed by atoms with Gasteiger partial charge in [0.2, 0.25) is 0 Å². The Kier molecular flexibility index (Phi) is 6.98. The minimum Gasteiger partial charge on any atom is -0.339 e. The van der Waals surface area contributed by atoms with Gasteiger partial charge >= 0.3 is 0 Å². The molecule has 3 rings (SSSR count). The zero-order chi connectivity index (χ0) is 22.4. The fraction of sp³-hybridized carbons (Fsp3) is 0.192. The van der Waals surface area contributed by atoms with E-state index in [1.54, 1.807) is 65.6 Å². The number of rotatable bonds is 7. The van der Waals surface area contributed by atoms with E-state index < -0.39 is 5.91 Å². The Bertz CT molecular complexity index is 1100. The molecule has 0 saturated heterocycles. The number of hydrogen-bond donors (Lipinski definition) is 1. The number of nitrogens with zero attached hydrogens (tertiary/aromatic N) is 1. The van der Waals surface area contributed by atoms with Crippen molar-refractivity contribution in [3.8, 4) is 0 Å². The SMILES string of the molecule is CCN(CC)C(=O)c1cccc(NC(=O)c2ccccc2C(=O)c2ccc(C)cc2)c1. The van der Waals surface area contributed by atoms with Crippen LogP contribution in [0.15, 0.2) is 72.8 Å². The maximum absolute atomic E-state index is 13.0. The first-order valence-electron chi connectivity index (χ1n) is 10.4. The summed E-state index contributed by atoms with van der Waals surface area (Å²) in [7, 11) is 0. The molecule has 31 heavy (non-hydrogen) atoms. The monoisotopic (exact) mass is 414 g/mol. The van der Waals surface area contributed by atoms with E-state index in [9.17, 15) is 14.4 Å². The lowest BCUT2D eigenvalue weighted by atomic mass is 9.97. The predicted molar refractivity (Wildman–Crippen MR) is 123 cm³/mol. The number of aryl methyl sites for hydroxylation is 1. The topological polar surface area (TPSA) is 66.5 Å². The molecule has 0 bridgehead atoms. The highest BCUT2D eigenvalue weighted by molar-refractivity contribution is 6.17. The molecule has 3 aromatic carbocycles. The molecule has 5 heteroatoms. The largest absolute Gasteiger partial charge is 0.339 e. The molecular formula is C26H26N2O3. The molecule has 0 aliphatic carbocycles. The van der Waals surface area contributed by atoms with Gasteiger partial charge in [-0.05, 0) is 45.0 Å². The van der Waals surface area contributed by atoms with Crippen LogP contribution < -0.4 is 5.32 Å². The van der Waals surface area contributed by atoms with Crippen molar-refractivity contribution in [3.63, 3.8) is 0 Å². The molecule has 0 heterocycles. The number of benzene rings is 3. The lowest BCUT2D eigenvalue weighted by molar-refractivity contribution is 0.0772. The highest BCUT2D eigenvalue weighted by Gasteiger charge is 2.19. The Hall–Kier alpha value is -3.73. The van der Waals surface area contributed by atoms with E-state index in [1.807, 2.05) is 32.9 Å². The first-order chi connectivity index (χ1) is 14.9. The number of nitrogens with one attached hydrogen (secondary N) is 1. The van der Waals surface area contributed by atoms with Crippen molar-refractivity contribution < 1.29 is 14.4 Å². The van der Waals surface area contributed by atoms with Crippen LogP contribution in [0.3, 0.4) is 0 Å². The van der Waals surface area contributed by atoms with Crippen molar-refractivity contribution in [3.05, 3.63) is 101 Å². The summed E-state index contributed by atoms with van der Waals surface area (Å²) in [5.74, 6) is -0.698. The van der Waals surface area contributed by atoms with Gasteiger partial charge in [0, 0.05) is 35.5 Å². The fourth-order valence-corrected chi connectivity index (χ4v) is 3.36. The van der Waals surface area contributed by atoms with E-state index in [1.165, 1.54) is 0 Å². The number of hydrogen-bond acceptors (Lipinski definition) is 3. The third-order valence-electron chi connectivity index (χ3n) is 5.15. The zero-order valence-electron chi connectivity index (χ0n) is 18.0. The molecule has 0 spiro atoms. The maximum Gasteiger partial charge on any atom is 0.256 e. The Labute approximate surface area is 182 Å². The smallest absolute Gasteiger partial charge is 0.256 e. The zero-order valence-corrected chi connectivity index (χ0v) is 18.0. The van der Waals surface area contributed by atoms with Crippen molar-refractivity contribution in [2.45, 2.75) is 20.8 Å². The molecular weight excluding hydrogens is 388 g/mol. The normalized spacial score (nSPS) is 10.4. The lowest BCUT2D eigenvalue weighted by Gasteiger charge is -2.19. The minimum atomic E-state index is -0.400. The second-order valence-corrected chi connectivity index (χ2v) is 7.25. The van der Waals surface area contributed by atoms with Gasteiger partial charge in [-0.25, -0.2) is 0 Å². The van der Waals surface area contributed by atoms with Gasteiger partial charge in [-0.1, -0.05) is 54.1 Å². The molecule has 0 aromatic heterocycles. The van der Waals surface area contributed by atoms with Crippen molar-refractivity contribution >= 4 is 23.3 Å². The summed E-state index contributed by atoms with van der Waals surface area (Å²) < 4.78 is 0. The van der Waals surface area contributed by atoms with E-state index in [2.05, 4.69) is 5.32 Å². The Morgan fingerprint density at radius 1 is 0.774 bits per heavy atom. The summed E-state index contributed by atoms with van der Waals surface area (Å²) in [6.45, 7) is 7.03. The van der Waals surface area contributed by atoms with E-state index in [0.717, 1.165) is 5.56 Å². The Balaban J connectivity index is 1.85. The van der Waals surface area contributed by atoms with Crippen LogP contribution in [0.25, 0.3) is 0 Å². The molecule has 0 aliphatic rings. The summed E-state index contributed by atoms with van der Waals surface area (Å²) in [6, 6.07) is 20.8. The summed E-state index contributed by atoms with van der Waals surface area (Å²) in [4.78, 5) is 40.3. The molecule has 2 amide bonds. The minimum absolute atomic E-state index is 0.0870. The van der Waals surface area contributed by atoms with E-state index >= 15 is 0 Å². The number of carbonyl (C=O) groups excluding carboxylic acids is 3. The van der Waals surface area contributed by atoms with Crippen LogP contribution in [-0.4, -0.2) is 35.6 Å². The van der Waals surface area contributed by atoms with Crippen LogP contribution in [0, 0.1) is 6.92 Å². The number of ketones is 1. The molecule has 0 unspecified atom stereocenters. The lowest BCUT2D eigenvalue weighted by Crippen LogP contribution is -2.30. The van der Waals surface area contributed by atoms with Gasteiger partial charge in [0.05, 0.1) is 5.56 Å². The highest BCUT2D eigenvalue weighted by atomic mass is 16.2. The molecule has 3 aromatic rings. The first-order valence-corrected chi connectivity index (χ1v) is 10.4. The van der Waals surface area contributed by atoms with Gasteiger partial charge in [-0.2, -0.15) is 0 Å². The van der Waals surface area contributed by atoms with Gasteiger partial charge in [-0.3, -0.25) is 14.4 Å². The number of carbonyl (C=O) groups is 3. The third-order valence-corrected chi connectivity index (χ3v) is 5.15. The van der Waals surface area contributed by atoms with Gasteiger partial charge < -0.3 is 10.2 Å². The quantitative estimate of drug-likeness (QED) is 0.556. The molecule has 0 saturated carbocycles. The average molecular weight is 415 g/mol. The summed E-state index contributed by atoms with van der Waals surface area (Å²) in [5.41, 5.74) is 3.21. The summed E-state index contributed by atoms with van der Waals surface area (Å²) in [6.07, 6.45) is 0. The van der Waals surface area contributed by atoms with Gasteiger partial charge in [-0.15, -0.1) is 0 Å².